The number of amides is 1. The van der Waals surface area contributed by atoms with Gasteiger partial charge in [-0.3, -0.25) is 9.59 Å². The highest BCUT2D eigenvalue weighted by Gasteiger charge is 2.29. The molecule has 1 unspecified atom stereocenters. The van der Waals surface area contributed by atoms with Gasteiger partial charge in [0.1, 0.15) is 11.9 Å². The number of fused-ring (bicyclic) bond motifs is 2. The Kier molecular flexibility index (Phi) is 4.60. The number of ether oxygens (including phenoxy) is 1. The highest BCUT2D eigenvalue weighted by molar-refractivity contribution is 5.99. The molecule has 2 aromatic rings. The summed E-state index contributed by atoms with van der Waals surface area (Å²) in [7, 11) is 0. The van der Waals surface area contributed by atoms with Gasteiger partial charge < -0.3 is 14.5 Å². The van der Waals surface area contributed by atoms with Crippen LogP contribution < -0.4 is 14.5 Å². The van der Waals surface area contributed by atoms with Gasteiger partial charge in [0.2, 0.25) is 5.91 Å². The van der Waals surface area contributed by atoms with Gasteiger partial charge in [-0.1, -0.05) is 18.2 Å². The molecule has 5 heteroatoms. The highest BCUT2D eigenvalue weighted by atomic mass is 16.5. The summed E-state index contributed by atoms with van der Waals surface area (Å²) < 4.78 is 5.90. The van der Waals surface area contributed by atoms with Gasteiger partial charge in [-0.05, 0) is 56.5 Å². The Bertz CT molecular complexity index is 893. The molecular weight excluding hydrogens is 340 g/mol. The third-order valence-corrected chi connectivity index (χ3v) is 5.25. The van der Waals surface area contributed by atoms with Crippen LogP contribution in [0.3, 0.4) is 0 Å². The Morgan fingerprint density at radius 1 is 1.15 bits per heavy atom. The quantitative estimate of drug-likeness (QED) is 0.783. The number of ketones is 1. The van der Waals surface area contributed by atoms with Gasteiger partial charge in [0.25, 0.3) is 0 Å². The van der Waals surface area contributed by atoms with Crippen LogP contribution in [-0.4, -0.2) is 37.4 Å². The smallest absolute Gasteiger partial charge is 0.246 e. The number of hydrogen-bond donors (Lipinski definition) is 0. The normalized spacial score (nSPS) is 18.4. The Morgan fingerprint density at radius 2 is 1.96 bits per heavy atom. The lowest BCUT2D eigenvalue weighted by Gasteiger charge is -2.37. The Hall–Kier alpha value is -2.82. The molecule has 140 valence electrons. The third-order valence-electron chi connectivity index (χ3n) is 5.25. The van der Waals surface area contributed by atoms with Crippen LogP contribution >= 0.6 is 0 Å². The van der Waals surface area contributed by atoms with E-state index in [9.17, 15) is 9.59 Å². The number of carbonyl (C=O) groups is 2. The molecule has 0 aliphatic carbocycles. The fraction of sp³-hybridized carbons (Fsp3) is 0.364. The van der Waals surface area contributed by atoms with Gasteiger partial charge in [-0.25, -0.2) is 0 Å². The molecule has 2 aliphatic rings. The number of hydrogen-bond acceptors (Lipinski definition) is 4. The maximum absolute atomic E-state index is 13.1. The molecule has 5 nitrogen and oxygen atoms in total. The number of nitrogens with zero attached hydrogens (tertiary/aromatic N) is 2. The lowest BCUT2D eigenvalue weighted by atomic mass is 10.0. The summed E-state index contributed by atoms with van der Waals surface area (Å²) in [5.74, 6) is 0.814. The van der Waals surface area contributed by atoms with Crippen molar-refractivity contribution in [2.45, 2.75) is 32.8 Å². The molecule has 0 saturated carbocycles. The second kappa shape index (κ2) is 7.06. The molecule has 0 N–H and O–H groups in total. The van der Waals surface area contributed by atoms with Crippen molar-refractivity contribution in [3.05, 3.63) is 53.6 Å². The van der Waals surface area contributed by atoms with E-state index in [-0.39, 0.29) is 24.3 Å². The van der Waals surface area contributed by atoms with Crippen LogP contribution in [-0.2, 0) is 11.2 Å². The first kappa shape index (κ1) is 17.6. The Morgan fingerprint density at radius 3 is 2.78 bits per heavy atom. The molecular formula is C22H24N2O3. The molecule has 1 amide bonds. The number of para-hydroxylation sites is 1. The molecule has 0 bridgehead atoms. The zero-order valence-corrected chi connectivity index (χ0v) is 15.8. The predicted octanol–water partition coefficient (Wildman–Crippen LogP) is 3.46. The van der Waals surface area contributed by atoms with Crippen LogP contribution in [0.15, 0.2) is 42.5 Å². The number of benzene rings is 2. The van der Waals surface area contributed by atoms with Gasteiger partial charge in [0.05, 0.1) is 18.8 Å². The van der Waals surface area contributed by atoms with Crippen molar-refractivity contribution in [2.75, 3.05) is 29.4 Å². The van der Waals surface area contributed by atoms with Gasteiger partial charge in [-0.15, -0.1) is 0 Å². The molecule has 2 aliphatic heterocycles. The van der Waals surface area contributed by atoms with Crippen molar-refractivity contribution in [1.29, 1.82) is 0 Å². The van der Waals surface area contributed by atoms with E-state index in [1.54, 1.807) is 13.0 Å². The summed E-state index contributed by atoms with van der Waals surface area (Å²) in [6, 6.07) is 13.6. The molecule has 4 rings (SSSR count). The van der Waals surface area contributed by atoms with Crippen molar-refractivity contribution in [3.63, 3.8) is 0 Å². The summed E-state index contributed by atoms with van der Waals surface area (Å²) in [6.07, 6.45) is 1.98. The van der Waals surface area contributed by atoms with Gasteiger partial charge in [0.15, 0.2) is 5.78 Å². The molecule has 0 spiro atoms. The standard InChI is InChI=1S/C22H24N2O3/c1-15-13-23(20-12-18(16(2)25)9-10-21(20)27-15)14-22(26)24-11-5-7-17-6-3-4-8-19(17)24/h3-4,6,8-10,12,15H,5,7,11,13-14H2,1-2H3. The lowest BCUT2D eigenvalue weighted by Crippen LogP contribution is -2.47. The van der Waals surface area contributed by atoms with E-state index < -0.39 is 0 Å². The zero-order valence-electron chi connectivity index (χ0n) is 15.8. The van der Waals surface area contributed by atoms with Crippen molar-refractivity contribution in [3.8, 4) is 5.75 Å². The van der Waals surface area contributed by atoms with Gasteiger partial charge in [-0.2, -0.15) is 0 Å². The minimum atomic E-state index is -0.0119. The van der Waals surface area contributed by atoms with Crippen LogP contribution in [0.5, 0.6) is 5.75 Å². The number of rotatable bonds is 3. The minimum Gasteiger partial charge on any atom is -0.487 e. The fourth-order valence-electron chi connectivity index (χ4n) is 3.94. The van der Waals surface area contributed by atoms with E-state index in [2.05, 4.69) is 6.07 Å². The van der Waals surface area contributed by atoms with Crippen LogP contribution in [0.25, 0.3) is 0 Å². The first-order valence-corrected chi connectivity index (χ1v) is 9.48. The van der Waals surface area contributed by atoms with Crippen molar-refractivity contribution in [2.24, 2.45) is 0 Å². The molecule has 27 heavy (non-hydrogen) atoms. The van der Waals surface area contributed by atoms with Crippen LogP contribution in [0, 0.1) is 0 Å². The topological polar surface area (TPSA) is 49.9 Å². The minimum absolute atomic E-state index is 0.00709. The Labute approximate surface area is 159 Å². The number of Topliss-reactive ketones (excluding diaryl/α,β-unsaturated/α-hetero) is 1. The summed E-state index contributed by atoms with van der Waals surface area (Å²) in [5, 5.41) is 0. The van der Waals surface area contributed by atoms with Gasteiger partial charge >= 0.3 is 0 Å². The zero-order chi connectivity index (χ0) is 19.0. The Balaban J connectivity index is 1.61. The van der Waals surface area contributed by atoms with Crippen molar-refractivity contribution >= 4 is 23.1 Å². The average Bonchev–Trinajstić information content (AvgIpc) is 2.67. The van der Waals surface area contributed by atoms with E-state index in [0.29, 0.717) is 12.1 Å². The largest absolute Gasteiger partial charge is 0.487 e. The van der Waals surface area contributed by atoms with Gasteiger partial charge in [0, 0.05) is 17.8 Å². The monoisotopic (exact) mass is 364 g/mol. The third kappa shape index (κ3) is 3.42. The molecule has 2 aromatic carbocycles. The van der Waals surface area contributed by atoms with E-state index in [0.717, 1.165) is 36.5 Å². The van der Waals surface area contributed by atoms with E-state index in [1.807, 2.05) is 47.1 Å². The highest BCUT2D eigenvalue weighted by Crippen LogP contribution is 2.35. The first-order chi connectivity index (χ1) is 13.0. The summed E-state index contributed by atoms with van der Waals surface area (Å²) in [5.41, 5.74) is 3.70. The van der Waals surface area contributed by atoms with Crippen molar-refractivity contribution < 1.29 is 14.3 Å². The van der Waals surface area contributed by atoms with Crippen LogP contribution in [0.4, 0.5) is 11.4 Å². The van der Waals surface area contributed by atoms with Crippen LogP contribution in [0.1, 0.15) is 36.2 Å². The predicted molar refractivity (Wildman–Crippen MR) is 106 cm³/mol. The molecule has 2 heterocycles. The molecule has 0 aromatic heterocycles. The summed E-state index contributed by atoms with van der Waals surface area (Å²) in [6.45, 7) is 5.19. The second-order valence-electron chi connectivity index (χ2n) is 7.33. The maximum Gasteiger partial charge on any atom is 0.246 e. The number of aryl methyl sites for hydroxylation is 1. The first-order valence-electron chi connectivity index (χ1n) is 9.48. The lowest BCUT2D eigenvalue weighted by molar-refractivity contribution is -0.117. The molecule has 0 saturated heterocycles. The second-order valence-corrected chi connectivity index (χ2v) is 7.33. The summed E-state index contributed by atoms with van der Waals surface area (Å²) >= 11 is 0. The SMILES string of the molecule is CC(=O)c1ccc2c(c1)N(CC(=O)N1CCCc3ccccc31)CC(C)O2. The van der Waals surface area contributed by atoms with Crippen LogP contribution in [0.2, 0.25) is 0 Å². The number of carbonyl (C=O) groups excluding carboxylic acids is 2. The molecule has 0 fully saturated rings. The molecule has 0 radical (unpaired) electrons. The van der Waals surface area contributed by atoms with E-state index in [1.165, 1.54) is 5.56 Å². The number of anilines is 2. The molecule has 1 atom stereocenters. The average molecular weight is 364 g/mol. The van der Waals surface area contributed by atoms with E-state index in [4.69, 9.17) is 4.74 Å². The fourth-order valence-corrected chi connectivity index (χ4v) is 3.94. The van der Waals surface area contributed by atoms with Crippen molar-refractivity contribution in [1.82, 2.24) is 0 Å². The summed E-state index contributed by atoms with van der Waals surface area (Å²) in [4.78, 5) is 28.8. The van der Waals surface area contributed by atoms with E-state index >= 15 is 0 Å². The maximum atomic E-state index is 13.1.